The zero-order valence-corrected chi connectivity index (χ0v) is 16.1. The molecular weight excluding hydrogens is 347 g/mol. The molecule has 1 unspecified atom stereocenters. The Hall–Kier alpha value is -1.30. The quantitative estimate of drug-likeness (QED) is 0.618. The molecule has 0 spiro atoms. The number of carbonyl (C=O) groups excluding carboxylic acids is 1. The predicted molar refractivity (Wildman–Crippen MR) is 104 cm³/mol. The van der Waals surface area contributed by atoms with Gasteiger partial charge >= 0.3 is 0 Å². The molecule has 0 aliphatic carbocycles. The van der Waals surface area contributed by atoms with Gasteiger partial charge in [0.15, 0.2) is 0 Å². The van der Waals surface area contributed by atoms with E-state index in [2.05, 4.69) is 34.4 Å². The Balaban J connectivity index is 0.00000264. The Bertz CT molecular complexity index is 582. The molecule has 1 atom stereocenters. The molecule has 5 nitrogen and oxygen atoms in total. The van der Waals surface area contributed by atoms with Crippen LogP contribution in [0.15, 0.2) is 24.3 Å². The molecule has 0 saturated heterocycles. The smallest absolute Gasteiger partial charge is 0.220 e. The summed E-state index contributed by atoms with van der Waals surface area (Å²) in [7, 11) is 1.90. The molecule has 136 valence electrons. The van der Waals surface area contributed by atoms with E-state index in [1.54, 1.807) is 0 Å². The van der Waals surface area contributed by atoms with Crippen LogP contribution in [0.4, 0.5) is 0 Å². The molecule has 3 N–H and O–H groups in total. The van der Waals surface area contributed by atoms with Crippen molar-refractivity contribution in [2.75, 3.05) is 13.6 Å². The fourth-order valence-corrected chi connectivity index (χ4v) is 2.54. The van der Waals surface area contributed by atoms with Gasteiger partial charge in [-0.05, 0) is 44.5 Å². The SMILES string of the molecule is CNCCCC(=O)NC(CC(C)C)c1nc2ccccc2[nH]1.Cl.Cl. The summed E-state index contributed by atoms with van der Waals surface area (Å²) in [4.78, 5) is 20.1. The first-order valence-corrected chi connectivity index (χ1v) is 7.98. The van der Waals surface area contributed by atoms with Crippen LogP contribution in [0.1, 0.15) is 45.0 Å². The Morgan fingerprint density at radius 2 is 1.96 bits per heavy atom. The van der Waals surface area contributed by atoms with Gasteiger partial charge in [-0.1, -0.05) is 26.0 Å². The van der Waals surface area contributed by atoms with Crippen molar-refractivity contribution < 1.29 is 4.79 Å². The molecule has 0 fully saturated rings. The lowest BCUT2D eigenvalue weighted by Crippen LogP contribution is -2.30. The number of imidazole rings is 1. The second-order valence-corrected chi connectivity index (χ2v) is 6.10. The Labute approximate surface area is 156 Å². The van der Waals surface area contributed by atoms with Gasteiger partial charge in [0.1, 0.15) is 5.82 Å². The minimum atomic E-state index is -0.0607. The fourth-order valence-electron chi connectivity index (χ4n) is 2.54. The van der Waals surface area contributed by atoms with E-state index >= 15 is 0 Å². The van der Waals surface area contributed by atoms with Gasteiger partial charge in [0.05, 0.1) is 17.1 Å². The van der Waals surface area contributed by atoms with Crippen LogP contribution in [-0.2, 0) is 4.79 Å². The molecule has 0 radical (unpaired) electrons. The first kappa shape index (κ1) is 22.7. The van der Waals surface area contributed by atoms with Crippen molar-refractivity contribution >= 4 is 41.8 Å². The summed E-state index contributed by atoms with van der Waals surface area (Å²) >= 11 is 0. The lowest BCUT2D eigenvalue weighted by atomic mass is 10.0. The highest BCUT2D eigenvalue weighted by Crippen LogP contribution is 2.22. The van der Waals surface area contributed by atoms with Crippen molar-refractivity contribution in [2.24, 2.45) is 5.92 Å². The van der Waals surface area contributed by atoms with Gasteiger partial charge in [-0.15, -0.1) is 24.8 Å². The van der Waals surface area contributed by atoms with Crippen molar-refractivity contribution in [1.29, 1.82) is 0 Å². The van der Waals surface area contributed by atoms with Gasteiger partial charge in [-0.3, -0.25) is 4.79 Å². The summed E-state index contributed by atoms with van der Waals surface area (Å²) < 4.78 is 0. The third-order valence-electron chi connectivity index (χ3n) is 3.61. The van der Waals surface area contributed by atoms with Gasteiger partial charge in [0.25, 0.3) is 0 Å². The second-order valence-electron chi connectivity index (χ2n) is 6.10. The molecule has 2 aromatic rings. The third-order valence-corrected chi connectivity index (χ3v) is 3.61. The lowest BCUT2D eigenvalue weighted by Gasteiger charge is -2.18. The van der Waals surface area contributed by atoms with Gasteiger partial charge in [0.2, 0.25) is 5.91 Å². The van der Waals surface area contributed by atoms with Crippen LogP contribution in [0, 0.1) is 5.92 Å². The average Bonchev–Trinajstić information content (AvgIpc) is 2.90. The number of carbonyl (C=O) groups is 1. The summed E-state index contributed by atoms with van der Waals surface area (Å²) in [5.41, 5.74) is 1.95. The van der Waals surface area contributed by atoms with E-state index in [0.29, 0.717) is 12.3 Å². The summed E-state index contributed by atoms with van der Waals surface area (Å²) in [5.74, 6) is 1.41. The monoisotopic (exact) mass is 374 g/mol. The molecule has 24 heavy (non-hydrogen) atoms. The second kappa shape index (κ2) is 11.3. The van der Waals surface area contributed by atoms with Crippen molar-refractivity contribution in [2.45, 2.75) is 39.2 Å². The van der Waals surface area contributed by atoms with E-state index in [1.165, 1.54) is 0 Å². The van der Waals surface area contributed by atoms with Crippen molar-refractivity contribution in [1.82, 2.24) is 20.6 Å². The molecule has 7 heteroatoms. The van der Waals surface area contributed by atoms with E-state index in [1.807, 2.05) is 31.3 Å². The molecule has 0 aliphatic heterocycles. The molecule has 1 aromatic heterocycles. The molecule has 1 amide bonds. The Morgan fingerprint density at radius 3 is 2.58 bits per heavy atom. The maximum atomic E-state index is 12.1. The minimum absolute atomic E-state index is 0. The zero-order chi connectivity index (χ0) is 15.9. The third kappa shape index (κ3) is 6.67. The van der Waals surface area contributed by atoms with Crippen LogP contribution in [-0.4, -0.2) is 29.5 Å². The number of nitrogens with zero attached hydrogens (tertiary/aromatic N) is 1. The van der Waals surface area contributed by atoms with Gasteiger partial charge in [-0.2, -0.15) is 0 Å². The number of hydrogen-bond donors (Lipinski definition) is 3. The number of para-hydroxylation sites is 2. The number of nitrogens with one attached hydrogen (secondary N) is 3. The average molecular weight is 375 g/mol. The Kier molecular flexibility index (Phi) is 10.7. The largest absolute Gasteiger partial charge is 0.346 e. The van der Waals surface area contributed by atoms with Crippen LogP contribution >= 0.6 is 24.8 Å². The first-order chi connectivity index (χ1) is 10.6. The van der Waals surface area contributed by atoms with Crippen LogP contribution in [0.3, 0.4) is 0 Å². The molecule has 1 heterocycles. The molecule has 0 aliphatic rings. The summed E-state index contributed by atoms with van der Waals surface area (Å²) in [6.45, 7) is 5.17. The lowest BCUT2D eigenvalue weighted by molar-refractivity contribution is -0.122. The number of hydrogen-bond acceptors (Lipinski definition) is 3. The number of amides is 1. The molecule has 0 saturated carbocycles. The van der Waals surface area contributed by atoms with E-state index < -0.39 is 0 Å². The van der Waals surface area contributed by atoms with Crippen LogP contribution in [0.5, 0.6) is 0 Å². The highest BCUT2D eigenvalue weighted by Gasteiger charge is 2.19. The number of fused-ring (bicyclic) bond motifs is 1. The van der Waals surface area contributed by atoms with Crippen LogP contribution < -0.4 is 10.6 Å². The minimum Gasteiger partial charge on any atom is -0.346 e. The maximum absolute atomic E-state index is 12.1. The van der Waals surface area contributed by atoms with Gasteiger partial charge < -0.3 is 15.6 Å². The number of halogens is 2. The van der Waals surface area contributed by atoms with Crippen molar-refractivity contribution in [3.8, 4) is 0 Å². The van der Waals surface area contributed by atoms with Gasteiger partial charge in [-0.25, -0.2) is 4.98 Å². The summed E-state index contributed by atoms with van der Waals surface area (Å²) in [5, 5.41) is 6.18. The number of aromatic nitrogens is 2. The van der Waals surface area contributed by atoms with E-state index in [0.717, 1.165) is 36.2 Å². The summed E-state index contributed by atoms with van der Waals surface area (Å²) in [6.07, 6.45) is 2.25. The topological polar surface area (TPSA) is 69.8 Å². The van der Waals surface area contributed by atoms with Crippen molar-refractivity contribution in [3.63, 3.8) is 0 Å². The van der Waals surface area contributed by atoms with E-state index in [-0.39, 0.29) is 36.8 Å². The van der Waals surface area contributed by atoms with Crippen molar-refractivity contribution in [3.05, 3.63) is 30.1 Å². The highest BCUT2D eigenvalue weighted by molar-refractivity contribution is 5.85. The number of aromatic amines is 1. The van der Waals surface area contributed by atoms with Gasteiger partial charge in [0, 0.05) is 6.42 Å². The van der Waals surface area contributed by atoms with Crippen LogP contribution in [0.25, 0.3) is 11.0 Å². The predicted octanol–water partition coefficient (Wildman–Crippen LogP) is 3.61. The number of benzene rings is 1. The molecular formula is C17H28Cl2N4O. The first-order valence-electron chi connectivity index (χ1n) is 7.98. The molecule has 2 rings (SSSR count). The molecule has 1 aromatic carbocycles. The van der Waals surface area contributed by atoms with E-state index in [4.69, 9.17) is 0 Å². The number of H-pyrrole nitrogens is 1. The highest BCUT2D eigenvalue weighted by atomic mass is 35.5. The maximum Gasteiger partial charge on any atom is 0.220 e. The normalized spacial score (nSPS) is 11.7. The fraction of sp³-hybridized carbons (Fsp3) is 0.529. The van der Waals surface area contributed by atoms with E-state index in [9.17, 15) is 4.79 Å². The zero-order valence-electron chi connectivity index (χ0n) is 14.5. The Morgan fingerprint density at radius 1 is 1.25 bits per heavy atom. The van der Waals surface area contributed by atoms with Crippen LogP contribution in [0.2, 0.25) is 0 Å². The number of rotatable bonds is 8. The standard InChI is InChI=1S/C17H26N4O.2ClH/c1-12(2)11-15(19-16(22)9-6-10-18-3)17-20-13-7-4-5-8-14(13)21-17;;/h4-5,7-8,12,15,18H,6,9-11H2,1-3H3,(H,19,22)(H,20,21);2*1H. The summed E-state index contributed by atoms with van der Waals surface area (Å²) in [6, 6.07) is 7.89. The molecule has 0 bridgehead atoms.